The van der Waals surface area contributed by atoms with Crippen molar-refractivity contribution in [2.24, 2.45) is 4.40 Å². The molecule has 3 aromatic rings. The number of carboxylic acid groups (broad SMARTS) is 1. The van der Waals surface area contributed by atoms with E-state index in [9.17, 15) is 23.1 Å². The van der Waals surface area contributed by atoms with Crippen molar-refractivity contribution in [3.63, 3.8) is 0 Å². The van der Waals surface area contributed by atoms with Crippen LogP contribution in [0.2, 0.25) is 0 Å². The molecule has 1 aliphatic carbocycles. The van der Waals surface area contributed by atoms with E-state index in [4.69, 9.17) is 4.74 Å². The van der Waals surface area contributed by atoms with Crippen LogP contribution in [0.1, 0.15) is 26.3 Å². The molecule has 3 aromatic carbocycles. The van der Waals surface area contributed by atoms with E-state index in [0.29, 0.717) is 17.0 Å². The highest BCUT2D eigenvalue weighted by molar-refractivity contribution is 7.90. The number of Topliss-reactive ketones (excluding diaryl/α,β-unsaturated/α-hetero) is 1. The molecule has 0 unspecified atom stereocenters. The van der Waals surface area contributed by atoms with Crippen LogP contribution in [0.4, 0.5) is 5.69 Å². The summed E-state index contributed by atoms with van der Waals surface area (Å²) in [6.45, 7) is 0. The number of hydrogen-bond acceptors (Lipinski definition) is 6. The number of anilines is 1. The second kappa shape index (κ2) is 8.71. The van der Waals surface area contributed by atoms with Gasteiger partial charge in [0, 0.05) is 16.8 Å². The number of nitrogens with zero attached hydrogens (tertiary/aromatic N) is 1. The Morgan fingerprint density at radius 1 is 0.970 bits per heavy atom. The van der Waals surface area contributed by atoms with Gasteiger partial charge in [-0.25, -0.2) is 4.79 Å². The van der Waals surface area contributed by atoms with Gasteiger partial charge in [-0.2, -0.15) is 12.8 Å². The number of carbonyl (C=O) groups excluding carboxylic acids is 1. The van der Waals surface area contributed by atoms with Crippen LogP contribution >= 0.6 is 0 Å². The number of carbonyl (C=O) groups is 2. The third-order valence-electron chi connectivity index (χ3n) is 4.94. The second-order valence-electron chi connectivity index (χ2n) is 7.07. The molecule has 33 heavy (non-hydrogen) atoms. The van der Waals surface area contributed by atoms with E-state index in [1.165, 1.54) is 55.7 Å². The number of hydrogen-bond donors (Lipinski definition) is 2. The molecule has 0 saturated carbocycles. The molecule has 2 N–H and O–H groups in total. The summed E-state index contributed by atoms with van der Waals surface area (Å²) >= 11 is 0. The molecular weight excluding hydrogens is 444 g/mol. The molecular formula is C24H18N2O6S. The lowest BCUT2D eigenvalue weighted by atomic mass is 9.92. The number of carboxylic acids is 1. The zero-order valence-electron chi connectivity index (χ0n) is 17.3. The van der Waals surface area contributed by atoms with Crippen molar-refractivity contribution in [1.29, 1.82) is 0 Å². The molecule has 0 aromatic heterocycles. The van der Waals surface area contributed by atoms with E-state index in [0.717, 1.165) is 0 Å². The van der Waals surface area contributed by atoms with Crippen LogP contribution in [-0.2, 0) is 10.0 Å². The van der Waals surface area contributed by atoms with Crippen LogP contribution in [0.25, 0.3) is 0 Å². The highest BCUT2D eigenvalue weighted by Crippen LogP contribution is 2.26. The molecule has 0 spiro atoms. The van der Waals surface area contributed by atoms with Crippen molar-refractivity contribution in [3.05, 3.63) is 101 Å². The van der Waals surface area contributed by atoms with Gasteiger partial charge in [0.05, 0.1) is 29.0 Å². The minimum Gasteiger partial charge on any atom is -0.497 e. The first-order valence-electron chi connectivity index (χ1n) is 9.74. The highest BCUT2D eigenvalue weighted by Gasteiger charge is 2.26. The summed E-state index contributed by atoms with van der Waals surface area (Å²) in [5.74, 6) is -0.974. The first-order chi connectivity index (χ1) is 15.8. The van der Waals surface area contributed by atoms with Gasteiger partial charge in [-0.1, -0.05) is 30.3 Å². The number of sulfonamides is 1. The largest absolute Gasteiger partial charge is 0.497 e. The molecule has 0 fully saturated rings. The van der Waals surface area contributed by atoms with Gasteiger partial charge in [0.2, 0.25) is 5.78 Å². The number of rotatable bonds is 6. The van der Waals surface area contributed by atoms with Crippen molar-refractivity contribution in [2.75, 3.05) is 12.4 Å². The van der Waals surface area contributed by atoms with Crippen molar-refractivity contribution < 1.29 is 27.9 Å². The molecule has 1 aliphatic rings. The molecule has 0 aliphatic heterocycles. The summed E-state index contributed by atoms with van der Waals surface area (Å²) in [5.41, 5.74) is 1.22. The average molecular weight is 462 g/mol. The lowest BCUT2D eigenvalue weighted by molar-refractivity contribution is 0.0696. The van der Waals surface area contributed by atoms with Gasteiger partial charge in [0.15, 0.2) is 0 Å². The van der Waals surface area contributed by atoms with Crippen LogP contribution < -0.4 is 10.1 Å². The predicted molar refractivity (Wildman–Crippen MR) is 123 cm³/mol. The van der Waals surface area contributed by atoms with Gasteiger partial charge in [-0.15, -0.1) is 0 Å². The van der Waals surface area contributed by atoms with Crippen LogP contribution in [-0.4, -0.2) is 38.1 Å². The molecule has 166 valence electrons. The van der Waals surface area contributed by atoms with Crippen molar-refractivity contribution in [2.45, 2.75) is 4.90 Å². The number of ketones is 1. The van der Waals surface area contributed by atoms with Gasteiger partial charge in [-0.05, 0) is 48.5 Å². The minimum absolute atomic E-state index is 0.0257. The molecule has 9 heteroatoms. The molecule has 0 bridgehead atoms. The lowest BCUT2D eigenvalue weighted by Crippen LogP contribution is -2.22. The molecule has 4 rings (SSSR count). The number of nitrogens with one attached hydrogen (secondary N) is 1. The molecule has 0 amide bonds. The lowest BCUT2D eigenvalue weighted by Gasteiger charge is -2.19. The zero-order valence-corrected chi connectivity index (χ0v) is 18.2. The van der Waals surface area contributed by atoms with Crippen molar-refractivity contribution in [1.82, 2.24) is 0 Å². The number of aromatic carboxylic acids is 1. The number of allylic oxidation sites excluding steroid dienone is 2. The number of ether oxygens (including phenoxy) is 1. The average Bonchev–Trinajstić information content (AvgIpc) is 2.82. The summed E-state index contributed by atoms with van der Waals surface area (Å²) in [7, 11) is -2.61. The number of methoxy groups -OCH3 is 1. The van der Waals surface area contributed by atoms with Crippen molar-refractivity contribution >= 4 is 33.2 Å². The van der Waals surface area contributed by atoms with Crippen LogP contribution in [0.15, 0.2) is 93.9 Å². The Labute approximate surface area is 189 Å². The van der Waals surface area contributed by atoms with Gasteiger partial charge >= 0.3 is 5.97 Å². The number of benzene rings is 3. The zero-order chi connectivity index (χ0) is 23.6. The summed E-state index contributed by atoms with van der Waals surface area (Å²) in [5, 5.41) is 12.1. The Bertz CT molecular complexity index is 1420. The van der Waals surface area contributed by atoms with E-state index in [-0.39, 0.29) is 33.2 Å². The van der Waals surface area contributed by atoms with Gasteiger partial charge < -0.3 is 15.2 Å². The van der Waals surface area contributed by atoms with E-state index in [1.54, 1.807) is 30.3 Å². The normalized spacial score (nSPS) is 14.4. The minimum atomic E-state index is -4.09. The molecule has 0 atom stereocenters. The maximum atomic E-state index is 13.0. The molecule has 8 nitrogen and oxygen atoms in total. The van der Waals surface area contributed by atoms with Crippen LogP contribution in [0.3, 0.4) is 0 Å². The van der Waals surface area contributed by atoms with Gasteiger partial charge in [-0.3, -0.25) is 4.79 Å². The van der Waals surface area contributed by atoms with Gasteiger partial charge in [0.25, 0.3) is 10.0 Å². The van der Waals surface area contributed by atoms with Gasteiger partial charge in [0.1, 0.15) is 5.75 Å². The Morgan fingerprint density at radius 3 is 2.33 bits per heavy atom. The smallest absolute Gasteiger partial charge is 0.335 e. The monoisotopic (exact) mass is 462 g/mol. The van der Waals surface area contributed by atoms with Crippen LogP contribution in [0.5, 0.6) is 5.75 Å². The first kappa shape index (κ1) is 22.0. The van der Waals surface area contributed by atoms with Crippen molar-refractivity contribution in [3.8, 4) is 5.75 Å². The maximum Gasteiger partial charge on any atom is 0.335 e. The fourth-order valence-electron chi connectivity index (χ4n) is 3.31. The SMILES string of the molecule is COc1ccc(S(=O)(=O)N=C2C=C(Nc3cccc(C(=O)O)c3)C(=O)c3ccccc32)cc1. The quantitative estimate of drug-likeness (QED) is 0.572. The fourth-order valence-corrected chi connectivity index (χ4v) is 4.31. The summed E-state index contributed by atoms with van der Waals surface area (Å²) in [6, 6.07) is 18.3. The highest BCUT2D eigenvalue weighted by atomic mass is 32.2. The van der Waals surface area contributed by atoms with E-state index < -0.39 is 16.0 Å². The van der Waals surface area contributed by atoms with E-state index >= 15 is 0 Å². The summed E-state index contributed by atoms with van der Waals surface area (Å²) in [4.78, 5) is 24.3. The third kappa shape index (κ3) is 4.53. The topological polar surface area (TPSA) is 122 Å². The van der Waals surface area contributed by atoms with E-state index in [2.05, 4.69) is 9.71 Å². The summed E-state index contributed by atoms with van der Waals surface area (Å²) in [6.07, 6.45) is 1.35. The Kier molecular flexibility index (Phi) is 5.80. The molecule has 0 saturated heterocycles. The second-order valence-corrected chi connectivity index (χ2v) is 8.67. The number of fused-ring (bicyclic) bond motifs is 1. The third-order valence-corrected chi connectivity index (χ3v) is 6.24. The van der Waals surface area contributed by atoms with E-state index in [1.807, 2.05) is 0 Å². The Balaban J connectivity index is 1.78. The standard InChI is InChI=1S/C24H18N2O6S/c1-32-17-9-11-18(12-10-17)33(30,31)26-21-14-22(23(27)20-8-3-2-7-19(20)21)25-16-6-4-5-15(13-16)24(28)29/h2-14,25H,1H3,(H,28,29). The molecule has 0 heterocycles. The van der Waals surface area contributed by atoms with Crippen LogP contribution in [0, 0.1) is 0 Å². The summed E-state index contributed by atoms with van der Waals surface area (Å²) < 4.78 is 34.9. The Hall–Kier alpha value is -4.24. The predicted octanol–water partition coefficient (Wildman–Crippen LogP) is 3.76. The molecule has 0 radical (unpaired) electrons. The Morgan fingerprint density at radius 2 is 1.67 bits per heavy atom. The maximum absolute atomic E-state index is 13.0. The first-order valence-corrected chi connectivity index (χ1v) is 11.2. The fraction of sp³-hybridized carbons (Fsp3) is 0.0417.